The standard InChI is InChI=1S/C22H23FN4O2/c1-29-19-8-7-17(23)11-18(19)15-6-9-20-24-21(25-27(20)13-15)16-3-2-10-26(12-16)22(28)14-4-5-14/h6-9,11,13-14,16H,2-5,10,12H2,1H3. The summed E-state index contributed by atoms with van der Waals surface area (Å²) in [6, 6.07) is 8.24. The molecule has 29 heavy (non-hydrogen) atoms. The number of amides is 1. The van der Waals surface area contributed by atoms with E-state index in [-0.39, 0.29) is 17.7 Å². The summed E-state index contributed by atoms with van der Waals surface area (Å²) >= 11 is 0. The van der Waals surface area contributed by atoms with Gasteiger partial charge in [-0.05, 0) is 56.0 Å². The largest absolute Gasteiger partial charge is 0.496 e. The highest BCUT2D eigenvalue weighted by molar-refractivity contribution is 5.81. The molecular weight excluding hydrogens is 371 g/mol. The van der Waals surface area contributed by atoms with Gasteiger partial charge in [0.05, 0.1) is 7.11 Å². The summed E-state index contributed by atoms with van der Waals surface area (Å²) in [6.07, 6.45) is 5.86. The third-order valence-electron chi connectivity index (χ3n) is 5.84. The van der Waals surface area contributed by atoms with Crippen molar-refractivity contribution < 1.29 is 13.9 Å². The maximum absolute atomic E-state index is 13.8. The second-order valence-corrected chi connectivity index (χ2v) is 7.93. The Morgan fingerprint density at radius 1 is 1.21 bits per heavy atom. The summed E-state index contributed by atoms with van der Waals surface area (Å²) in [5.41, 5.74) is 2.22. The number of pyridine rings is 1. The number of carbonyl (C=O) groups is 1. The fourth-order valence-corrected chi connectivity index (χ4v) is 4.11. The zero-order valence-electron chi connectivity index (χ0n) is 16.3. The number of rotatable bonds is 4. The highest BCUT2D eigenvalue weighted by Gasteiger charge is 2.36. The van der Waals surface area contributed by atoms with Gasteiger partial charge in [0.2, 0.25) is 5.91 Å². The Morgan fingerprint density at radius 3 is 2.86 bits per heavy atom. The Bertz CT molecular complexity index is 1080. The van der Waals surface area contributed by atoms with Gasteiger partial charge in [0.15, 0.2) is 11.5 Å². The molecule has 1 saturated carbocycles. The number of benzene rings is 1. The van der Waals surface area contributed by atoms with Crippen molar-refractivity contribution in [3.8, 4) is 16.9 Å². The Kier molecular flexibility index (Phi) is 4.45. The first-order valence-electron chi connectivity index (χ1n) is 10.1. The summed E-state index contributed by atoms with van der Waals surface area (Å²) in [6.45, 7) is 1.53. The molecular formula is C22H23FN4O2. The first-order chi connectivity index (χ1) is 14.1. The van der Waals surface area contributed by atoms with E-state index >= 15 is 0 Å². The van der Waals surface area contributed by atoms with Crippen molar-refractivity contribution in [1.29, 1.82) is 0 Å². The van der Waals surface area contributed by atoms with Crippen LogP contribution in [-0.4, -0.2) is 45.6 Å². The van der Waals surface area contributed by atoms with Crippen LogP contribution in [0, 0.1) is 11.7 Å². The molecule has 2 fully saturated rings. The number of methoxy groups -OCH3 is 1. The normalized spacial score (nSPS) is 19.5. The number of nitrogens with zero attached hydrogens (tertiary/aromatic N) is 4. The topological polar surface area (TPSA) is 59.7 Å². The maximum atomic E-state index is 13.8. The lowest BCUT2D eigenvalue weighted by atomic mass is 9.97. The predicted molar refractivity (Wildman–Crippen MR) is 106 cm³/mol. The SMILES string of the molecule is COc1ccc(F)cc1-c1ccc2nc(C3CCCN(C(=O)C4CC4)C3)nn2c1. The number of halogens is 1. The van der Waals surface area contributed by atoms with Gasteiger partial charge >= 0.3 is 0 Å². The van der Waals surface area contributed by atoms with Gasteiger partial charge in [-0.2, -0.15) is 5.10 Å². The molecule has 3 aromatic rings. The lowest BCUT2D eigenvalue weighted by molar-refractivity contribution is -0.133. The van der Waals surface area contributed by atoms with Crippen molar-refractivity contribution in [2.75, 3.05) is 20.2 Å². The Balaban J connectivity index is 1.44. The van der Waals surface area contributed by atoms with Crippen LogP contribution in [0.25, 0.3) is 16.8 Å². The van der Waals surface area contributed by atoms with Crippen LogP contribution in [0.3, 0.4) is 0 Å². The number of carbonyl (C=O) groups excluding carboxylic acids is 1. The molecule has 1 unspecified atom stereocenters. The average Bonchev–Trinajstić information content (AvgIpc) is 3.51. The van der Waals surface area contributed by atoms with Crippen molar-refractivity contribution in [1.82, 2.24) is 19.5 Å². The molecule has 6 nitrogen and oxygen atoms in total. The molecule has 1 atom stereocenters. The first kappa shape index (κ1) is 18.1. The molecule has 2 aliphatic rings. The highest BCUT2D eigenvalue weighted by atomic mass is 19.1. The van der Waals surface area contributed by atoms with E-state index in [9.17, 15) is 9.18 Å². The van der Waals surface area contributed by atoms with Crippen LogP contribution < -0.4 is 4.74 Å². The van der Waals surface area contributed by atoms with Gasteiger partial charge in [-0.25, -0.2) is 13.9 Å². The summed E-state index contributed by atoms with van der Waals surface area (Å²) in [5, 5.41) is 4.69. The van der Waals surface area contributed by atoms with Gasteiger partial charge in [-0.3, -0.25) is 4.79 Å². The fraction of sp³-hybridized carbons (Fsp3) is 0.409. The predicted octanol–water partition coefficient (Wildman–Crippen LogP) is 3.66. The molecule has 0 N–H and O–H groups in total. The lowest BCUT2D eigenvalue weighted by Gasteiger charge is -2.31. The number of hydrogen-bond donors (Lipinski definition) is 0. The van der Waals surface area contributed by atoms with Crippen molar-refractivity contribution in [2.24, 2.45) is 5.92 Å². The van der Waals surface area contributed by atoms with Crippen molar-refractivity contribution in [3.05, 3.63) is 48.2 Å². The second-order valence-electron chi connectivity index (χ2n) is 7.93. The van der Waals surface area contributed by atoms with E-state index in [4.69, 9.17) is 9.72 Å². The van der Waals surface area contributed by atoms with E-state index in [1.54, 1.807) is 17.7 Å². The van der Waals surface area contributed by atoms with Crippen LogP contribution in [0.1, 0.15) is 37.4 Å². The van der Waals surface area contributed by atoms with Gasteiger partial charge < -0.3 is 9.64 Å². The van der Waals surface area contributed by atoms with E-state index < -0.39 is 0 Å². The van der Waals surface area contributed by atoms with Crippen LogP contribution in [0.2, 0.25) is 0 Å². The molecule has 150 valence electrons. The summed E-state index contributed by atoms with van der Waals surface area (Å²) < 4.78 is 20.9. The molecule has 0 spiro atoms. The Labute approximate surface area is 168 Å². The number of likely N-dealkylation sites (tertiary alicyclic amines) is 1. The molecule has 1 aliphatic heterocycles. The van der Waals surface area contributed by atoms with Crippen LogP contribution in [0.4, 0.5) is 4.39 Å². The number of hydrogen-bond acceptors (Lipinski definition) is 4. The molecule has 1 saturated heterocycles. The van der Waals surface area contributed by atoms with Crippen LogP contribution in [-0.2, 0) is 4.79 Å². The van der Waals surface area contributed by atoms with Gasteiger partial charge in [-0.15, -0.1) is 0 Å². The van der Waals surface area contributed by atoms with Crippen molar-refractivity contribution in [2.45, 2.75) is 31.6 Å². The van der Waals surface area contributed by atoms with E-state index in [0.29, 0.717) is 23.8 Å². The molecule has 3 heterocycles. The maximum Gasteiger partial charge on any atom is 0.225 e. The Morgan fingerprint density at radius 2 is 2.07 bits per heavy atom. The molecule has 0 radical (unpaired) electrons. The van der Waals surface area contributed by atoms with Crippen LogP contribution >= 0.6 is 0 Å². The second kappa shape index (κ2) is 7.13. The third kappa shape index (κ3) is 3.45. The third-order valence-corrected chi connectivity index (χ3v) is 5.84. The van der Waals surface area contributed by atoms with Gasteiger partial charge in [0.1, 0.15) is 11.6 Å². The number of piperidine rings is 1. The van der Waals surface area contributed by atoms with Crippen LogP contribution in [0.5, 0.6) is 5.75 Å². The first-order valence-corrected chi connectivity index (χ1v) is 10.1. The molecule has 1 aromatic carbocycles. The quantitative estimate of drug-likeness (QED) is 0.678. The van der Waals surface area contributed by atoms with E-state index in [1.165, 1.54) is 12.1 Å². The zero-order valence-corrected chi connectivity index (χ0v) is 16.3. The van der Waals surface area contributed by atoms with Crippen molar-refractivity contribution in [3.63, 3.8) is 0 Å². The van der Waals surface area contributed by atoms with Crippen molar-refractivity contribution >= 4 is 11.6 Å². The molecule has 7 heteroatoms. The molecule has 1 amide bonds. The van der Waals surface area contributed by atoms with E-state index in [0.717, 1.165) is 49.3 Å². The van der Waals surface area contributed by atoms with Crippen LogP contribution in [0.15, 0.2) is 36.5 Å². The van der Waals surface area contributed by atoms with Gasteiger partial charge in [-0.1, -0.05) is 0 Å². The highest BCUT2D eigenvalue weighted by Crippen LogP contribution is 2.34. The van der Waals surface area contributed by atoms with E-state index in [2.05, 4.69) is 5.10 Å². The fourth-order valence-electron chi connectivity index (χ4n) is 4.11. The smallest absolute Gasteiger partial charge is 0.225 e. The molecule has 5 rings (SSSR count). The lowest BCUT2D eigenvalue weighted by Crippen LogP contribution is -2.40. The molecule has 2 aromatic heterocycles. The minimum Gasteiger partial charge on any atom is -0.496 e. The van der Waals surface area contributed by atoms with Gasteiger partial charge in [0, 0.05) is 42.2 Å². The summed E-state index contributed by atoms with van der Waals surface area (Å²) in [7, 11) is 1.57. The number of aromatic nitrogens is 3. The zero-order chi connectivity index (χ0) is 20.0. The monoisotopic (exact) mass is 394 g/mol. The molecule has 1 aliphatic carbocycles. The number of ether oxygens (including phenoxy) is 1. The minimum absolute atomic E-state index is 0.151. The summed E-state index contributed by atoms with van der Waals surface area (Å²) in [4.78, 5) is 19.1. The Hall–Kier alpha value is -2.96. The molecule has 0 bridgehead atoms. The minimum atomic E-state index is -0.317. The van der Waals surface area contributed by atoms with E-state index in [1.807, 2.05) is 23.2 Å². The average molecular weight is 394 g/mol. The summed E-state index contributed by atoms with van der Waals surface area (Å²) in [5.74, 6) is 1.74. The number of fused-ring (bicyclic) bond motifs is 1. The van der Waals surface area contributed by atoms with Gasteiger partial charge in [0.25, 0.3) is 0 Å².